The lowest BCUT2D eigenvalue weighted by Gasteiger charge is -2.02. The van der Waals surface area contributed by atoms with Crippen molar-refractivity contribution in [1.29, 1.82) is 5.53 Å². The van der Waals surface area contributed by atoms with Crippen molar-refractivity contribution in [2.75, 3.05) is 0 Å². The first-order valence-corrected chi connectivity index (χ1v) is 3.89. The van der Waals surface area contributed by atoms with Crippen LogP contribution in [0.2, 0.25) is 0 Å². The molecule has 0 fully saturated rings. The third-order valence-corrected chi connectivity index (χ3v) is 1.93. The number of nitro benzene ring substituents is 2. The lowest BCUT2D eigenvalue weighted by molar-refractivity contribution is -0.395. The van der Waals surface area contributed by atoms with Gasteiger partial charge >= 0.3 is 11.4 Å². The number of nitro groups is 2. The first-order chi connectivity index (χ1) is 7.40. The van der Waals surface area contributed by atoms with E-state index in [9.17, 15) is 24.6 Å². The Morgan fingerprint density at radius 3 is 2.19 bits per heavy atom. The second kappa shape index (κ2) is 3.96. The van der Waals surface area contributed by atoms with Gasteiger partial charge in [0.2, 0.25) is 5.82 Å². The van der Waals surface area contributed by atoms with Crippen LogP contribution >= 0.6 is 0 Å². The Bertz CT molecular complexity index is 502. The number of rotatable bonds is 3. The molecule has 0 bridgehead atoms. The van der Waals surface area contributed by atoms with E-state index in [2.05, 4.69) is 5.11 Å². The van der Waals surface area contributed by atoms with Crippen LogP contribution in [-0.2, 0) is 0 Å². The molecule has 0 aliphatic heterocycles. The van der Waals surface area contributed by atoms with Gasteiger partial charge in [-0.3, -0.25) is 20.2 Å². The van der Waals surface area contributed by atoms with Gasteiger partial charge < -0.3 is 0 Å². The fourth-order valence-corrected chi connectivity index (χ4v) is 1.16. The number of hydrogen-bond donors (Lipinski definition) is 1. The number of nitrogens with one attached hydrogen (secondary N) is 1. The number of hydrogen-bond acceptors (Lipinski definition) is 6. The molecule has 0 saturated carbocycles. The number of nitrogens with zero attached hydrogens (tertiary/aromatic N) is 3. The summed E-state index contributed by atoms with van der Waals surface area (Å²) in [7, 11) is 0. The molecule has 8 nitrogen and oxygen atoms in total. The van der Waals surface area contributed by atoms with Crippen molar-refractivity contribution in [2.45, 2.75) is 6.92 Å². The van der Waals surface area contributed by atoms with Crippen LogP contribution in [0, 0.1) is 38.5 Å². The Kier molecular flexibility index (Phi) is 2.88. The van der Waals surface area contributed by atoms with E-state index in [1.165, 1.54) is 0 Å². The summed E-state index contributed by atoms with van der Waals surface area (Å²) in [6, 6.07) is 0.454. The zero-order valence-electron chi connectivity index (χ0n) is 7.93. The summed E-state index contributed by atoms with van der Waals surface area (Å²) >= 11 is 0. The van der Waals surface area contributed by atoms with Gasteiger partial charge in [0.05, 0.1) is 15.9 Å². The second-order valence-electron chi connectivity index (χ2n) is 2.83. The number of benzene rings is 1. The minimum atomic E-state index is -1.22. The number of halogens is 1. The molecule has 84 valence electrons. The highest BCUT2D eigenvalue weighted by molar-refractivity contribution is 5.66. The molecular formula is C7H5FN4O4. The van der Waals surface area contributed by atoms with Crippen molar-refractivity contribution in [3.63, 3.8) is 0 Å². The minimum absolute atomic E-state index is 0.393. The zero-order valence-corrected chi connectivity index (χ0v) is 7.93. The molecule has 0 amide bonds. The van der Waals surface area contributed by atoms with Gasteiger partial charge in [-0.25, -0.2) is 5.53 Å². The summed E-state index contributed by atoms with van der Waals surface area (Å²) in [5, 5.41) is 23.7. The van der Waals surface area contributed by atoms with Crippen LogP contribution in [-0.4, -0.2) is 9.85 Å². The molecule has 1 N–H and O–H groups in total. The quantitative estimate of drug-likeness (QED) is 0.485. The van der Waals surface area contributed by atoms with Crippen LogP contribution in [0.4, 0.5) is 21.5 Å². The Balaban J connectivity index is 3.68. The smallest absolute Gasteiger partial charge is 0.258 e. The Hall–Kier alpha value is -2.45. The average molecular weight is 228 g/mol. The Morgan fingerprint density at radius 2 is 1.81 bits per heavy atom. The van der Waals surface area contributed by atoms with Crippen molar-refractivity contribution in [1.82, 2.24) is 0 Å². The monoisotopic (exact) mass is 228 g/mol. The van der Waals surface area contributed by atoms with E-state index in [0.717, 1.165) is 6.92 Å². The normalized spacial score (nSPS) is 9.88. The summed E-state index contributed by atoms with van der Waals surface area (Å²) in [6.07, 6.45) is 0. The van der Waals surface area contributed by atoms with Crippen molar-refractivity contribution in [3.05, 3.63) is 37.7 Å². The van der Waals surface area contributed by atoms with Gasteiger partial charge in [0.25, 0.3) is 0 Å². The molecule has 0 aromatic heterocycles. The predicted molar refractivity (Wildman–Crippen MR) is 49.3 cm³/mol. The summed E-state index contributed by atoms with van der Waals surface area (Å²) in [5.74, 6) is -1.22. The van der Waals surface area contributed by atoms with E-state index in [1.807, 2.05) is 0 Å². The molecule has 1 rings (SSSR count). The Labute approximate surface area is 87.5 Å². The minimum Gasteiger partial charge on any atom is -0.258 e. The largest absolute Gasteiger partial charge is 0.312 e. The van der Waals surface area contributed by atoms with E-state index in [0.29, 0.717) is 6.07 Å². The van der Waals surface area contributed by atoms with E-state index in [-0.39, 0.29) is 0 Å². The lowest BCUT2D eigenvalue weighted by Crippen LogP contribution is -1.99. The van der Waals surface area contributed by atoms with Crippen LogP contribution in [0.5, 0.6) is 0 Å². The van der Waals surface area contributed by atoms with Crippen molar-refractivity contribution in [3.8, 4) is 0 Å². The molecule has 9 heteroatoms. The maximum absolute atomic E-state index is 13.3. The molecule has 0 atom stereocenters. The molecule has 0 aliphatic rings. The molecule has 0 unspecified atom stereocenters. The van der Waals surface area contributed by atoms with Crippen LogP contribution in [0.15, 0.2) is 11.2 Å². The summed E-state index contributed by atoms with van der Waals surface area (Å²) < 4.78 is 13.3. The molecule has 0 radical (unpaired) electrons. The molecule has 1 aromatic carbocycles. The first kappa shape index (κ1) is 11.6. The van der Waals surface area contributed by atoms with Crippen molar-refractivity contribution >= 4 is 17.1 Å². The standard InChI is InChI=1S/C7H5FN4O4/c1-3-6(8)4(11(13)14)2-5(12(15)16)7(3)10-9/h2,9H,1H3. The maximum atomic E-state index is 13.3. The van der Waals surface area contributed by atoms with E-state index < -0.39 is 38.3 Å². The second-order valence-corrected chi connectivity index (χ2v) is 2.83. The SMILES string of the molecule is Cc1c(F)c([N+](=O)[O-])cc([N+](=O)[O-])c1N=N. The zero-order chi connectivity index (χ0) is 12.5. The molecule has 1 aromatic rings. The van der Waals surface area contributed by atoms with Gasteiger partial charge in [-0.15, -0.1) is 0 Å². The van der Waals surface area contributed by atoms with E-state index in [1.54, 1.807) is 0 Å². The fourth-order valence-electron chi connectivity index (χ4n) is 1.16. The summed E-state index contributed by atoms with van der Waals surface area (Å²) in [5.41, 5.74) is 4.00. The third-order valence-electron chi connectivity index (χ3n) is 1.93. The molecule has 0 heterocycles. The topological polar surface area (TPSA) is 122 Å². The molecule has 0 saturated heterocycles. The third kappa shape index (κ3) is 1.69. The fraction of sp³-hybridized carbons (Fsp3) is 0.143. The summed E-state index contributed by atoms with van der Waals surface area (Å²) in [4.78, 5) is 18.9. The highest BCUT2D eigenvalue weighted by Crippen LogP contribution is 2.37. The maximum Gasteiger partial charge on any atom is 0.312 e. The highest BCUT2D eigenvalue weighted by Gasteiger charge is 2.28. The van der Waals surface area contributed by atoms with Crippen molar-refractivity contribution < 1.29 is 14.2 Å². The lowest BCUT2D eigenvalue weighted by atomic mass is 10.1. The van der Waals surface area contributed by atoms with Crippen LogP contribution in [0.25, 0.3) is 0 Å². The summed E-state index contributed by atoms with van der Waals surface area (Å²) in [6.45, 7) is 1.09. The van der Waals surface area contributed by atoms with E-state index in [4.69, 9.17) is 5.53 Å². The van der Waals surface area contributed by atoms with Crippen LogP contribution in [0.3, 0.4) is 0 Å². The van der Waals surface area contributed by atoms with Gasteiger partial charge in [-0.1, -0.05) is 0 Å². The van der Waals surface area contributed by atoms with Crippen molar-refractivity contribution in [2.24, 2.45) is 5.11 Å². The van der Waals surface area contributed by atoms with Gasteiger partial charge in [0.1, 0.15) is 0 Å². The highest BCUT2D eigenvalue weighted by atomic mass is 19.1. The molecule has 0 aliphatic carbocycles. The van der Waals surface area contributed by atoms with Gasteiger partial charge in [-0.05, 0) is 6.92 Å². The molecular weight excluding hydrogens is 223 g/mol. The first-order valence-electron chi connectivity index (χ1n) is 3.89. The van der Waals surface area contributed by atoms with Gasteiger partial charge in [0, 0.05) is 5.56 Å². The van der Waals surface area contributed by atoms with Gasteiger partial charge in [0.15, 0.2) is 5.69 Å². The van der Waals surface area contributed by atoms with Crippen LogP contribution in [0.1, 0.15) is 5.56 Å². The van der Waals surface area contributed by atoms with E-state index >= 15 is 0 Å². The predicted octanol–water partition coefficient (Wildman–Crippen LogP) is 2.61. The van der Waals surface area contributed by atoms with Crippen LogP contribution < -0.4 is 0 Å². The average Bonchev–Trinajstić information content (AvgIpc) is 2.20. The molecule has 0 spiro atoms. The molecule has 16 heavy (non-hydrogen) atoms. The Morgan fingerprint density at radius 1 is 1.31 bits per heavy atom. The van der Waals surface area contributed by atoms with Gasteiger partial charge in [-0.2, -0.15) is 9.50 Å².